The average Bonchev–Trinajstić information content (AvgIpc) is 3.05. The number of aromatic nitrogens is 2. The highest BCUT2D eigenvalue weighted by molar-refractivity contribution is 7.07. The van der Waals surface area contributed by atoms with Crippen molar-refractivity contribution >= 4 is 23.4 Å². The van der Waals surface area contributed by atoms with Crippen LogP contribution in [0.2, 0.25) is 0 Å². The smallest absolute Gasteiger partial charge is 0.326 e. The van der Waals surface area contributed by atoms with Crippen LogP contribution in [-0.4, -0.2) is 43.6 Å². The van der Waals surface area contributed by atoms with Crippen LogP contribution in [0, 0.1) is 5.92 Å². The maximum Gasteiger partial charge on any atom is 0.326 e. The number of likely N-dealkylation sites (tertiary alicyclic amines) is 1. The molecule has 3 atom stereocenters. The molecule has 1 saturated carbocycles. The molecule has 2 heterocycles. The molecule has 0 radical (unpaired) electrons. The molecule has 2 aliphatic rings. The van der Waals surface area contributed by atoms with Crippen LogP contribution in [0.25, 0.3) is 0 Å². The number of aliphatic carboxylic acids is 1. The minimum atomic E-state index is -0.903. The molecule has 2 fully saturated rings. The number of rotatable bonds is 2. The van der Waals surface area contributed by atoms with Crippen molar-refractivity contribution in [2.75, 3.05) is 0 Å². The van der Waals surface area contributed by atoms with E-state index >= 15 is 0 Å². The Morgan fingerprint density at radius 1 is 1.37 bits per heavy atom. The van der Waals surface area contributed by atoms with E-state index < -0.39 is 12.0 Å². The maximum absolute atomic E-state index is 12.5. The van der Waals surface area contributed by atoms with Crippen molar-refractivity contribution in [3.63, 3.8) is 0 Å². The SMILES string of the molecule is O=C(O)[C@@H]1C[C@@H]2CCCC[C@@H]2N1C(=O)c1cnns1. The second kappa shape index (κ2) is 4.88. The molecular weight excluding hydrogens is 266 g/mol. The molecule has 1 aliphatic heterocycles. The Labute approximate surface area is 114 Å². The number of amides is 1. The van der Waals surface area contributed by atoms with E-state index in [1.165, 1.54) is 6.20 Å². The first-order valence-electron chi connectivity index (χ1n) is 6.51. The lowest BCUT2D eigenvalue weighted by Gasteiger charge is -2.32. The van der Waals surface area contributed by atoms with E-state index in [2.05, 4.69) is 9.59 Å². The van der Waals surface area contributed by atoms with Crippen molar-refractivity contribution < 1.29 is 14.7 Å². The summed E-state index contributed by atoms with van der Waals surface area (Å²) in [5.74, 6) is -0.795. The summed E-state index contributed by atoms with van der Waals surface area (Å²) in [5, 5.41) is 13.0. The third-order valence-corrected chi connectivity index (χ3v) is 4.83. The average molecular weight is 281 g/mol. The Hall–Kier alpha value is -1.50. The molecule has 102 valence electrons. The summed E-state index contributed by atoms with van der Waals surface area (Å²) in [6.07, 6.45) is 6.14. The first-order valence-corrected chi connectivity index (χ1v) is 7.28. The van der Waals surface area contributed by atoms with Crippen LogP contribution in [0.3, 0.4) is 0 Å². The van der Waals surface area contributed by atoms with Gasteiger partial charge >= 0.3 is 5.97 Å². The molecule has 19 heavy (non-hydrogen) atoms. The Kier molecular flexibility index (Phi) is 3.22. The van der Waals surface area contributed by atoms with Crippen LogP contribution < -0.4 is 0 Å². The zero-order valence-electron chi connectivity index (χ0n) is 10.4. The standard InChI is InChI=1S/C12H15N3O3S/c16-11(10-6-13-14-19-10)15-8-4-2-1-3-7(8)5-9(15)12(17)18/h6-9H,1-5H2,(H,17,18)/t7-,8-,9-/m0/s1. The van der Waals surface area contributed by atoms with Crippen molar-refractivity contribution in [1.29, 1.82) is 0 Å². The minimum absolute atomic E-state index is 0.0736. The number of carbonyl (C=O) groups is 2. The van der Waals surface area contributed by atoms with Gasteiger partial charge in [0.1, 0.15) is 10.9 Å². The third-order valence-electron chi connectivity index (χ3n) is 4.18. The largest absolute Gasteiger partial charge is 0.480 e. The molecule has 0 spiro atoms. The van der Waals surface area contributed by atoms with Crippen LogP contribution in [0.15, 0.2) is 6.20 Å². The number of carboxylic acid groups (broad SMARTS) is 1. The van der Waals surface area contributed by atoms with Gasteiger partial charge in [-0.15, -0.1) is 5.10 Å². The fraction of sp³-hybridized carbons (Fsp3) is 0.667. The van der Waals surface area contributed by atoms with E-state index in [0.29, 0.717) is 17.2 Å². The van der Waals surface area contributed by atoms with Crippen LogP contribution >= 0.6 is 11.5 Å². The van der Waals surface area contributed by atoms with Gasteiger partial charge in [-0.3, -0.25) is 4.79 Å². The van der Waals surface area contributed by atoms with E-state index in [-0.39, 0.29) is 11.9 Å². The van der Waals surface area contributed by atoms with Gasteiger partial charge in [0, 0.05) is 6.04 Å². The second-order valence-corrected chi connectivity index (χ2v) is 5.98. The lowest BCUT2D eigenvalue weighted by atomic mass is 9.85. The molecule has 1 aromatic rings. The Morgan fingerprint density at radius 3 is 2.84 bits per heavy atom. The van der Waals surface area contributed by atoms with Crippen LogP contribution in [-0.2, 0) is 4.79 Å². The number of nitrogens with zero attached hydrogens (tertiary/aromatic N) is 3. The van der Waals surface area contributed by atoms with E-state index in [0.717, 1.165) is 37.2 Å². The Morgan fingerprint density at radius 2 is 2.16 bits per heavy atom. The fourth-order valence-corrected chi connectivity index (χ4v) is 3.82. The summed E-state index contributed by atoms with van der Waals surface area (Å²) >= 11 is 1.03. The number of carbonyl (C=O) groups excluding carboxylic acids is 1. The number of hydrogen-bond donors (Lipinski definition) is 1. The third kappa shape index (κ3) is 2.11. The molecule has 0 aromatic carbocycles. The van der Waals surface area contributed by atoms with Crippen molar-refractivity contribution in [2.24, 2.45) is 5.92 Å². The molecule has 0 unspecified atom stereocenters. The van der Waals surface area contributed by atoms with Gasteiger partial charge in [-0.1, -0.05) is 17.3 Å². The first-order chi connectivity index (χ1) is 9.18. The van der Waals surface area contributed by atoms with Gasteiger partial charge in [0.05, 0.1) is 6.20 Å². The van der Waals surface area contributed by atoms with E-state index in [9.17, 15) is 14.7 Å². The molecule has 1 amide bonds. The summed E-state index contributed by atoms with van der Waals surface area (Å²) in [4.78, 5) is 25.9. The molecule has 6 nitrogen and oxygen atoms in total. The number of hydrogen-bond acceptors (Lipinski definition) is 5. The Bertz CT molecular complexity index is 490. The lowest BCUT2D eigenvalue weighted by Crippen LogP contribution is -2.46. The van der Waals surface area contributed by atoms with Crippen molar-refractivity contribution in [3.05, 3.63) is 11.1 Å². The van der Waals surface area contributed by atoms with Crippen molar-refractivity contribution in [2.45, 2.75) is 44.2 Å². The normalized spacial score (nSPS) is 30.1. The summed E-state index contributed by atoms with van der Waals surface area (Å²) in [6.45, 7) is 0. The quantitative estimate of drug-likeness (QED) is 0.885. The molecule has 3 rings (SSSR count). The fourth-order valence-electron chi connectivity index (χ4n) is 3.36. The highest BCUT2D eigenvalue weighted by Gasteiger charge is 2.47. The molecule has 7 heteroatoms. The predicted molar refractivity (Wildman–Crippen MR) is 67.9 cm³/mol. The monoisotopic (exact) mass is 281 g/mol. The van der Waals surface area contributed by atoms with E-state index in [1.807, 2.05) is 0 Å². The van der Waals surface area contributed by atoms with E-state index in [1.54, 1.807) is 4.90 Å². The van der Waals surface area contributed by atoms with E-state index in [4.69, 9.17) is 0 Å². The van der Waals surface area contributed by atoms with Crippen molar-refractivity contribution in [1.82, 2.24) is 14.5 Å². The number of fused-ring (bicyclic) bond motifs is 1. The lowest BCUT2D eigenvalue weighted by molar-refractivity contribution is -0.141. The maximum atomic E-state index is 12.5. The molecule has 1 N–H and O–H groups in total. The Balaban J connectivity index is 1.90. The summed E-state index contributed by atoms with van der Waals surface area (Å²) in [6, 6.07) is -0.618. The molecule has 1 aliphatic carbocycles. The molecule has 1 saturated heterocycles. The van der Waals surface area contributed by atoms with Gasteiger partial charge in [-0.05, 0) is 36.7 Å². The number of carboxylic acids is 1. The first kappa shape index (κ1) is 12.5. The summed E-state index contributed by atoms with van der Waals surface area (Å²) < 4.78 is 3.69. The highest BCUT2D eigenvalue weighted by Crippen LogP contribution is 2.40. The van der Waals surface area contributed by atoms with Gasteiger partial charge < -0.3 is 10.0 Å². The van der Waals surface area contributed by atoms with Gasteiger partial charge in [0.15, 0.2) is 0 Å². The molecular formula is C12H15N3O3S. The predicted octanol–water partition coefficient (Wildman–Crippen LogP) is 1.40. The topological polar surface area (TPSA) is 83.4 Å². The van der Waals surface area contributed by atoms with Crippen molar-refractivity contribution in [3.8, 4) is 0 Å². The van der Waals surface area contributed by atoms with Gasteiger partial charge in [0.25, 0.3) is 5.91 Å². The van der Waals surface area contributed by atoms with Gasteiger partial charge in [-0.25, -0.2) is 4.79 Å². The minimum Gasteiger partial charge on any atom is -0.480 e. The van der Waals surface area contributed by atoms with Crippen LogP contribution in [0.1, 0.15) is 41.8 Å². The summed E-state index contributed by atoms with van der Waals surface area (Å²) in [5.41, 5.74) is 0. The zero-order valence-corrected chi connectivity index (χ0v) is 11.2. The van der Waals surface area contributed by atoms with Crippen LogP contribution in [0.5, 0.6) is 0 Å². The molecule has 1 aromatic heterocycles. The zero-order chi connectivity index (χ0) is 13.4. The van der Waals surface area contributed by atoms with Gasteiger partial charge in [0.2, 0.25) is 0 Å². The van der Waals surface area contributed by atoms with Gasteiger partial charge in [-0.2, -0.15) is 0 Å². The van der Waals surface area contributed by atoms with Crippen LogP contribution in [0.4, 0.5) is 0 Å². The second-order valence-electron chi connectivity index (χ2n) is 5.20. The highest BCUT2D eigenvalue weighted by atomic mass is 32.1. The molecule has 0 bridgehead atoms. The summed E-state index contributed by atoms with van der Waals surface area (Å²) in [7, 11) is 0.